The first-order valence-corrected chi connectivity index (χ1v) is 12.7. The number of nitrogens with zero attached hydrogens (tertiary/aromatic N) is 2. The van der Waals surface area contributed by atoms with E-state index in [1.807, 2.05) is 24.3 Å². The molecule has 1 atom stereocenters. The van der Waals surface area contributed by atoms with Crippen LogP contribution in [0.25, 0.3) is 0 Å². The number of nitrogens with one attached hydrogen (secondary N) is 2. The molecule has 0 spiro atoms. The lowest BCUT2D eigenvalue weighted by Crippen LogP contribution is -2.21. The highest BCUT2D eigenvalue weighted by Crippen LogP contribution is 2.35. The summed E-state index contributed by atoms with van der Waals surface area (Å²) < 4.78 is 1.02. The van der Waals surface area contributed by atoms with Crippen molar-refractivity contribution in [3.05, 3.63) is 67.6 Å². The van der Waals surface area contributed by atoms with Crippen molar-refractivity contribution in [2.45, 2.75) is 19.1 Å². The van der Waals surface area contributed by atoms with Crippen LogP contribution in [0.1, 0.15) is 22.7 Å². The fourth-order valence-electron chi connectivity index (χ4n) is 3.10. The number of hydrogen-bond donors (Lipinski definition) is 2. The van der Waals surface area contributed by atoms with Crippen LogP contribution in [0.4, 0.5) is 0 Å². The molecular weight excluding hydrogens is 511 g/mol. The summed E-state index contributed by atoms with van der Waals surface area (Å²) in [5.41, 5.74) is 3.16. The van der Waals surface area contributed by atoms with Gasteiger partial charge in [-0.15, -0.1) is 0 Å². The average Bonchev–Trinajstić information content (AvgIpc) is 3.40. The Morgan fingerprint density at radius 2 is 2.07 bits per heavy atom. The molecule has 0 bridgehead atoms. The van der Waals surface area contributed by atoms with Crippen LogP contribution >= 0.6 is 62.7 Å². The molecule has 1 unspecified atom stereocenters. The Labute approximate surface area is 197 Å². The molecule has 2 heterocycles. The molecule has 0 radical (unpaired) electrons. The first-order chi connectivity index (χ1) is 14.1. The minimum Gasteiger partial charge on any atom is -0.361 e. The van der Waals surface area contributed by atoms with Gasteiger partial charge in [-0.3, -0.25) is 9.98 Å². The van der Waals surface area contributed by atoms with Crippen molar-refractivity contribution in [3.63, 3.8) is 0 Å². The van der Waals surface area contributed by atoms with Gasteiger partial charge in [-0.25, -0.2) is 0 Å². The summed E-state index contributed by atoms with van der Waals surface area (Å²) in [4.78, 5) is 9.13. The van der Waals surface area contributed by atoms with E-state index < -0.39 is 0 Å². The van der Waals surface area contributed by atoms with Gasteiger partial charge in [0, 0.05) is 27.5 Å². The van der Waals surface area contributed by atoms with E-state index in [9.17, 15) is 0 Å². The molecule has 4 nitrogen and oxygen atoms in total. The number of hydrogen-bond acceptors (Lipinski definition) is 5. The predicted molar refractivity (Wildman–Crippen MR) is 132 cm³/mol. The predicted octanol–water partition coefficient (Wildman–Crippen LogP) is 5.88. The lowest BCUT2D eigenvalue weighted by molar-refractivity contribution is 0.745. The van der Waals surface area contributed by atoms with E-state index in [4.69, 9.17) is 28.2 Å². The maximum absolute atomic E-state index is 6.77. The third-order valence-corrected chi connectivity index (χ3v) is 7.81. The van der Waals surface area contributed by atoms with Crippen LogP contribution in [0.15, 0.2) is 50.9 Å². The molecule has 9 heteroatoms. The second-order valence-electron chi connectivity index (χ2n) is 6.58. The fraction of sp³-hybridized carbons (Fsp3) is 0.300. The Hall–Kier alpha value is -0.860. The largest absolute Gasteiger partial charge is 0.361 e. The number of benzene rings is 2. The van der Waals surface area contributed by atoms with Crippen molar-refractivity contribution in [2.75, 3.05) is 18.1 Å². The quantitative estimate of drug-likeness (QED) is 0.507. The molecule has 2 aliphatic rings. The van der Waals surface area contributed by atoms with Gasteiger partial charge in [0.2, 0.25) is 0 Å². The standard InChI is InChI=1S/C20H19BrCl2N4S2/c21-14-7-13(10-25-19-24-5-6-28-19)18(23)15(8-14)17-11-29-20(27-17)26-9-12-3-1-2-4-16(12)22/h1-4,7-8,17H,5-6,9-11H2,(H,24,25)(H,26,27). The lowest BCUT2D eigenvalue weighted by Gasteiger charge is -2.17. The second kappa shape index (κ2) is 9.96. The summed E-state index contributed by atoms with van der Waals surface area (Å²) >= 11 is 20.1. The summed E-state index contributed by atoms with van der Waals surface area (Å²) in [6, 6.07) is 12.1. The zero-order valence-corrected chi connectivity index (χ0v) is 20.2. The van der Waals surface area contributed by atoms with E-state index in [1.165, 1.54) is 0 Å². The van der Waals surface area contributed by atoms with Crippen LogP contribution in [0.3, 0.4) is 0 Å². The van der Waals surface area contributed by atoms with Gasteiger partial charge in [-0.1, -0.05) is 80.9 Å². The number of aliphatic imine (C=N–C) groups is 2. The minimum atomic E-state index is 0.118. The van der Waals surface area contributed by atoms with Crippen LogP contribution in [0.2, 0.25) is 10.0 Å². The first-order valence-electron chi connectivity index (χ1n) is 9.16. The van der Waals surface area contributed by atoms with Gasteiger partial charge < -0.3 is 10.6 Å². The Morgan fingerprint density at radius 3 is 2.86 bits per heavy atom. The number of halogens is 3. The van der Waals surface area contributed by atoms with Gasteiger partial charge in [-0.05, 0) is 34.9 Å². The molecule has 1 saturated heterocycles. The van der Waals surface area contributed by atoms with Crippen LogP contribution < -0.4 is 10.6 Å². The van der Waals surface area contributed by atoms with E-state index in [1.54, 1.807) is 23.5 Å². The fourth-order valence-corrected chi connectivity index (χ4v) is 5.83. The summed E-state index contributed by atoms with van der Waals surface area (Å²) in [7, 11) is 0. The number of rotatable bonds is 5. The van der Waals surface area contributed by atoms with E-state index in [-0.39, 0.29) is 6.04 Å². The van der Waals surface area contributed by atoms with Crippen LogP contribution in [-0.2, 0) is 13.1 Å². The zero-order chi connectivity index (χ0) is 20.2. The Bertz CT molecular complexity index is 967. The number of amidine groups is 2. The highest BCUT2D eigenvalue weighted by Gasteiger charge is 2.25. The van der Waals surface area contributed by atoms with Crippen molar-refractivity contribution < 1.29 is 0 Å². The third kappa shape index (κ3) is 5.44. The van der Waals surface area contributed by atoms with Crippen LogP contribution in [0.5, 0.6) is 0 Å². The molecule has 152 valence electrons. The van der Waals surface area contributed by atoms with E-state index in [0.29, 0.717) is 13.1 Å². The molecule has 2 aliphatic heterocycles. The van der Waals surface area contributed by atoms with Crippen LogP contribution in [-0.4, -0.2) is 28.4 Å². The van der Waals surface area contributed by atoms with Gasteiger partial charge in [0.15, 0.2) is 10.3 Å². The summed E-state index contributed by atoms with van der Waals surface area (Å²) in [6.07, 6.45) is 0. The first kappa shape index (κ1) is 21.4. The molecular formula is C20H19BrCl2N4S2. The van der Waals surface area contributed by atoms with Crippen molar-refractivity contribution in [1.82, 2.24) is 10.6 Å². The van der Waals surface area contributed by atoms with Crippen LogP contribution in [0, 0.1) is 0 Å². The van der Waals surface area contributed by atoms with Crippen molar-refractivity contribution >= 4 is 73.0 Å². The molecule has 4 rings (SSSR count). The molecule has 0 amide bonds. The summed E-state index contributed by atoms with van der Waals surface area (Å²) in [5, 5.41) is 10.3. The monoisotopic (exact) mass is 528 g/mol. The smallest absolute Gasteiger partial charge is 0.157 e. The highest BCUT2D eigenvalue weighted by molar-refractivity contribution is 9.10. The van der Waals surface area contributed by atoms with Crippen molar-refractivity contribution in [2.24, 2.45) is 9.98 Å². The van der Waals surface area contributed by atoms with E-state index in [2.05, 4.69) is 43.7 Å². The minimum absolute atomic E-state index is 0.118. The molecule has 1 fully saturated rings. The summed E-state index contributed by atoms with van der Waals surface area (Å²) in [5.74, 6) is 1.92. The molecule has 2 aromatic rings. The third-order valence-electron chi connectivity index (χ3n) is 4.57. The second-order valence-corrected chi connectivity index (χ2v) is 10.4. The normalized spacial score (nSPS) is 20.0. The topological polar surface area (TPSA) is 48.8 Å². The highest BCUT2D eigenvalue weighted by atomic mass is 79.9. The Balaban J connectivity index is 1.45. The average molecular weight is 530 g/mol. The van der Waals surface area contributed by atoms with Gasteiger partial charge in [-0.2, -0.15) is 0 Å². The van der Waals surface area contributed by atoms with Crippen molar-refractivity contribution in [1.29, 1.82) is 0 Å². The number of thioether (sulfide) groups is 2. The Morgan fingerprint density at radius 1 is 1.21 bits per heavy atom. The van der Waals surface area contributed by atoms with Crippen molar-refractivity contribution in [3.8, 4) is 0 Å². The van der Waals surface area contributed by atoms with E-state index in [0.717, 1.165) is 59.6 Å². The summed E-state index contributed by atoms with van der Waals surface area (Å²) in [6.45, 7) is 2.09. The van der Waals surface area contributed by atoms with Gasteiger partial charge in [0.05, 0.1) is 24.2 Å². The zero-order valence-electron chi connectivity index (χ0n) is 15.4. The lowest BCUT2D eigenvalue weighted by atomic mass is 10.0. The molecule has 0 aliphatic carbocycles. The van der Waals surface area contributed by atoms with Gasteiger partial charge >= 0.3 is 0 Å². The molecule has 2 N–H and O–H groups in total. The maximum atomic E-state index is 6.77. The molecule has 0 aromatic heterocycles. The molecule has 29 heavy (non-hydrogen) atoms. The molecule has 2 aromatic carbocycles. The maximum Gasteiger partial charge on any atom is 0.157 e. The molecule has 0 saturated carbocycles. The Kier molecular flexibility index (Phi) is 7.34. The van der Waals surface area contributed by atoms with Gasteiger partial charge in [0.25, 0.3) is 0 Å². The van der Waals surface area contributed by atoms with E-state index >= 15 is 0 Å². The SMILES string of the molecule is Clc1ccccc1CN=C1NC(c2cc(Br)cc(CNC3=NCCS3)c2Cl)CS1. The van der Waals surface area contributed by atoms with Gasteiger partial charge in [0.1, 0.15) is 0 Å².